The van der Waals surface area contributed by atoms with Crippen LogP contribution in [0, 0.1) is 5.21 Å². The van der Waals surface area contributed by atoms with Gasteiger partial charge in [0.05, 0.1) is 6.42 Å². The molecule has 0 aromatic heterocycles. The van der Waals surface area contributed by atoms with E-state index in [1.165, 1.54) is 19.1 Å². The molecule has 7 heteroatoms. The smallest absolute Gasteiger partial charge is 0.228 e. The third kappa shape index (κ3) is 2.26. The summed E-state index contributed by atoms with van der Waals surface area (Å²) >= 11 is 0. The van der Waals surface area contributed by atoms with Gasteiger partial charge in [-0.05, 0) is 11.6 Å². The van der Waals surface area contributed by atoms with Crippen molar-refractivity contribution < 1.29 is 20.0 Å². The molecule has 0 radical (unpaired) electrons. The largest absolute Gasteiger partial charge is 0.595 e. The fourth-order valence-electron chi connectivity index (χ4n) is 1.74. The molecule has 17 heavy (non-hydrogen) atoms. The van der Waals surface area contributed by atoms with Crippen LogP contribution in [0.3, 0.4) is 0 Å². The van der Waals surface area contributed by atoms with Crippen LogP contribution < -0.4 is 15.9 Å². The molecule has 2 rings (SSSR count). The summed E-state index contributed by atoms with van der Waals surface area (Å²) in [5, 5.41) is 23.9. The zero-order valence-corrected chi connectivity index (χ0v) is 9.03. The van der Waals surface area contributed by atoms with Crippen LogP contribution in [0.25, 0.3) is 0 Å². The average molecular weight is 237 g/mol. The predicted octanol–water partition coefficient (Wildman–Crippen LogP) is -0.457. The first-order valence-electron chi connectivity index (χ1n) is 4.95. The fraction of sp³-hybridized carbons (Fsp3) is 0.200. The van der Waals surface area contributed by atoms with E-state index < -0.39 is 5.23 Å². The van der Waals surface area contributed by atoms with Crippen LogP contribution >= 0.6 is 0 Å². The van der Waals surface area contributed by atoms with Crippen LogP contribution in [0.1, 0.15) is 12.5 Å². The molecule has 4 N–H and O–H groups in total. The van der Waals surface area contributed by atoms with Gasteiger partial charge in [-0.3, -0.25) is 9.59 Å². The van der Waals surface area contributed by atoms with Gasteiger partial charge < -0.3 is 15.8 Å². The number of quaternary nitrogens is 1. The highest BCUT2D eigenvalue weighted by Crippen LogP contribution is 2.31. The van der Waals surface area contributed by atoms with Crippen molar-refractivity contribution in [2.75, 3.05) is 10.6 Å². The Labute approximate surface area is 96.6 Å². The third-order valence-electron chi connectivity index (χ3n) is 2.41. The van der Waals surface area contributed by atoms with Crippen molar-refractivity contribution in [1.29, 1.82) is 0 Å². The number of rotatable bonds is 2. The summed E-state index contributed by atoms with van der Waals surface area (Å²) in [5.41, 5.74) is 1.34. The summed E-state index contributed by atoms with van der Waals surface area (Å²) in [5.74, 6) is -0.548. The highest BCUT2D eigenvalue weighted by atomic mass is 16.8. The number of benzene rings is 1. The predicted molar refractivity (Wildman–Crippen MR) is 58.9 cm³/mol. The normalized spacial score (nSPS) is 15.1. The van der Waals surface area contributed by atoms with Gasteiger partial charge in [-0.2, -0.15) is 5.23 Å². The Balaban J connectivity index is 2.47. The van der Waals surface area contributed by atoms with E-state index in [4.69, 9.17) is 5.21 Å². The molecule has 1 aliphatic rings. The Bertz CT molecular complexity index is 499. The van der Waals surface area contributed by atoms with Crippen LogP contribution in [0.15, 0.2) is 12.1 Å². The van der Waals surface area contributed by atoms with Crippen molar-refractivity contribution >= 4 is 28.9 Å². The molecule has 1 aromatic carbocycles. The number of anilines is 2. The minimum Gasteiger partial charge on any atom is -0.595 e. The van der Waals surface area contributed by atoms with E-state index in [1.807, 2.05) is 0 Å². The van der Waals surface area contributed by atoms with E-state index >= 15 is 0 Å². The number of carbonyl (C=O) groups is 2. The Morgan fingerprint density at radius 1 is 1.59 bits per heavy atom. The molecule has 1 aliphatic heterocycles. The maximum atomic E-state index is 11.2. The molecule has 0 saturated heterocycles. The van der Waals surface area contributed by atoms with Crippen molar-refractivity contribution in [2.45, 2.75) is 13.3 Å². The lowest BCUT2D eigenvalue weighted by molar-refractivity contribution is -0.990. The molecule has 90 valence electrons. The van der Waals surface area contributed by atoms with Crippen molar-refractivity contribution in [3.05, 3.63) is 22.9 Å². The maximum Gasteiger partial charge on any atom is 0.228 e. The summed E-state index contributed by atoms with van der Waals surface area (Å²) in [6.45, 7) is 1.29. The molecule has 1 heterocycles. The van der Waals surface area contributed by atoms with Gasteiger partial charge >= 0.3 is 0 Å². The molecule has 0 spiro atoms. The van der Waals surface area contributed by atoms with Crippen LogP contribution in [-0.2, 0) is 16.0 Å². The Kier molecular flexibility index (Phi) is 2.80. The van der Waals surface area contributed by atoms with Crippen LogP contribution in [0.5, 0.6) is 0 Å². The molecular formula is C10H11N3O4. The quantitative estimate of drug-likeness (QED) is 0.522. The monoisotopic (exact) mass is 237 g/mol. The molecule has 1 atom stereocenters. The second kappa shape index (κ2) is 4.13. The number of nitrogens with one attached hydrogen (secondary N) is 3. The molecule has 1 unspecified atom stereocenters. The van der Waals surface area contributed by atoms with Crippen LogP contribution in [0.4, 0.5) is 17.1 Å². The maximum absolute atomic E-state index is 11.2. The van der Waals surface area contributed by atoms with Gasteiger partial charge in [0.25, 0.3) is 0 Å². The van der Waals surface area contributed by atoms with Gasteiger partial charge in [0, 0.05) is 18.7 Å². The number of fused-ring (bicyclic) bond motifs is 1. The fourth-order valence-corrected chi connectivity index (χ4v) is 1.74. The molecular weight excluding hydrogens is 226 g/mol. The number of carbonyl (C=O) groups excluding carboxylic acids is 2. The molecule has 0 saturated carbocycles. The lowest BCUT2D eigenvalue weighted by Crippen LogP contribution is -2.99. The first-order valence-corrected chi connectivity index (χ1v) is 4.95. The summed E-state index contributed by atoms with van der Waals surface area (Å²) in [4.78, 5) is 22.1. The number of amides is 2. The summed E-state index contributed by atoms with van der Waals surface area (Å²) < 4.78 is 0. The van der Waals surface area contributed by atoms with Gasteiger partial charge in [-0.1, -0.05) is 0 Å². The topological polar surface area (TPSA) is 106 Å². The first-order chi connectivity index (χ1) is 7.97. The molecule has 0 bridgehead atoms. The van der Waals surface area contributed by atoms with Gasteiger partial charge in [0.15, 0.2) is 5.69 Å². The standard InChI is InChI=1S/C10H11N3O4/c1-5(14)11-8-4-7-6(3-10(15)12-7)2-9(8)13(16)17/h2,4,13,16H,3H2,1H3,(H,11,14)(H,12,15). The van der Waals surface area contributed by atoms with Crippen molar-refractivity contribution in [2.24, 2.45) is 0 Å². The highest BCUT2D eigenvalue weighted by molar-refractivity contribution is 6.02. The number of hydrogen-bond acceptors (Lipinski definition) is 4. The highest BCUT2D eigenvalue weighted by Gasteiger charge is 2.22. The third-order valence-corrected chi connectivity index (χ3v) is 2.41. The summed E-state index contributed by atoms with van der Waals surface area (Å²) in [7, 11) is 0. The van der Waals surface area contributed by atoms with Gasteiger partial charge in [0.1, 0.15) is 5.69 Å². The molecule has 7 nitrogen and oxygen atoms in total. The van der Waals surface area contributed by atoms with Gasteiger partial charge in [-0.25, -0.2) is 5.21 Å². The minimum absolute atomic E-state index is 0.0181. The Morgan fingerprint density at radius 2 is 2.29 bits per heavy atom. The van der Waals surface area contributed by atoms with E-state index in [1.54, 1.807) is 0 Å². The second-order valence-corrected chi connectivity index (χ2v) is 3.77. The van der Waals surface area contributed by atoms with Crippen LogP contribution in [-0.4, -0.2) is 17.0 Å². The van der Waals surface area contributed by atoms with Crippen molar-refractivity contribution in [3.63, 3.8) is 0 Å². The van der Waals surface area contributed by atoms with Crippen molar-refractivity contribution in [3.8, 4) is 0 Å². The van der Waals surface area contributed by atoms with E-state index in [0.29, 0.717) is 11.3 Å². The number of hydrogen-bond donors (Lipinski definition) is 4. The average Bonchev–Trinajstić information content (AvgIpc) is 2.54. The summed E-state index contributed by atoms with van der Waals surface area (Å²) in [6, 6.07) is 2.87. The first kappa shape index (κ1) is 11.5. The molecule has 1 aromatic rings. The Hall–Kier alpha value is -1.96. The van der Waals surface area contributed by atoms with Crippen LogP contribution in [0.2, 0.25) is 0 Å². The zero-order valence-electron chi connectivity index (χ0n) is 9.03. The van der Waals surface area contributed by atoms with E-state index in [0.717, 1.165) is 0 Å². The van der Waals surface area contributed by atoms with Gasteiger partial charge in [0.2, 0.25) is 11.8 Å². The van der Waals surface area contributed by atoms with E-state index in [-0.39, 0.29) is 29.6 Å². The zero-order chi connectivity index (χ0) is 12.6. The van der Waals surface area contributed by atoms with Gasteiger partial charge in [-0.15, -0.1) is 0 Å². The summed E-state index contributed by atoms with van der Waals surface area (Å²) in [6.07, 6.45) is 0.163. The molecule has 0 fully saturated rings. The lowest BCUT2D eigenvalue weighted by Gasteiger charge is -2.17. The van der Waals surface area contributed by atoms with E-state index in [9.17, 15) is 14.8 Å². The SMILES string of the molecule is CC(=O)Nc1cc2c(cc1[NH+]([O-])O)CC(=O)N2. The van der Waals surface area contributed by atoms with Crippen molar-refractivity contribution in [1.82, 2.24) is 0 Å². The second-order valence-electron chi connectivity index (χ2n) is 3.77. The minimum atomic E-state index is -1.14. The molecule has 2 amide bonds. The lowest BCUT2D eigenvalue weighted by atomic mass is 10.1. The molecule has 0 aliphatic carbocycles. The Morgan fingerprint density at radius 3 is 2.88 bits per heavy atom. The van der Waals surface area contributed by atoms with E-state index in [2.05, 4.69) is 10.6 Å².